The number of rotatable bonds is 1. The first-order chi connectivity index (χ1) is 11.6. The van der Waals surface area contributed by atoms with Gasteiger partial charge in [0.2, 0.25) is 0 Å². The molecule has 1 nitrogen and oxygen atoms in total. The summed E-state index contributed by atoms with van der Waals surface area (Å²) in [4.78, 5) is 4.52. The maximum Gasteiger partial charge on any atom is 0.416 e. The maximum absolute atomic E-state index is 13.2. The van der Waals surface area contributed by atoms with Gasteiger partial charge in [-0.1, -0.05) is 68.8 Å². The lowest BCUT2D eigenvalue weighted by atomic mass is 9.84. The van der Waals surface area contributed by atoms with Crippen molar-refractivity contribution in [2.45, 2.75) is 32.4 Å². The summed E-state index contributed by atoms with van der Waals surface area (Å²) in [5.74, 6) is 0. The molecule has 25 heavy (non-hydrogen) atoms. The minimum absolute atomic E-state index is 0.358. The second-order valence-corrected chi connectivity index (χ2v) is 7.36. The molecule has 0 aliphatic heterocycles. The van der Waals surface area contributed by atoms with Gasteiger partial charge >= 0.3 is 6.18 Å². The Balaban J connectivity index is 2.41. The number of hydrogen-bond acceptors (Lipinski definition) is 1. The quantitative estimate of drug-likeness (QED) is 0.430. The van der Waals surface area contributed by atoms with Crippen LogP contribution in [0.3, 0.4) is 0 Å². The normalized spacial score (nSPS) is 12.6. The van der Waals surface area contributed by atoms with Gasteiger partial charge in [0.05, 0.1) is 11.3 Å². The average molecular weight is 364 g/mol. The molecular formula is C20H17ClF3N. The largest absolute Gasteiger partial charge is 0.416 e. The van der Waals surface area contributed by atoms with Crippen molar-refractivity contribution < 1.29 is 13.2 Å². The number of benzene rings is 2. The third kappa shape index (κ3) is 3.36. The number of hydrogen-bond donors (Lipinski definition) is 0. The van der Waals surface area contributed by atoms with E-state index in [0.717, 1.165) is 16.8 Å². The molecule has 130 valence electrons. The average Bonchev–Trinajstić information content (AvgIpc) is 2.53. The van der Waals surface area contributed by atoms with E-state index in [4.69, 9.17) is 11.6 Å². The fourth-order valence-corrected chi connectivity index (χ4v) is 3.16. The summed E-state index contributed by atoms with van der Waals surface area (Å²) in [5, 5.41) is 1.88. The van der Waals surface area contributed by atoms with Crippen molar-refractivity contribution in [3.8, 4) is 11.1 Å². The van der Waals surface area contributed by atoms with E-state index in [0.29, 0.717) is 22.0 Å². The fourth-order valence-electron chi connectivity index (χ4n) is 2.91. The van der Waals surface area contributed by atoms with Gasteiger partial charge in [-0.2, -0.15) is 13.2 Å². The minimum Gasteiger partial charge on any atom is -0.239 e. The van der Waals surface area contributed by atoms with E-state index < -0.39 is 11.7 Å². The van der Waals surface area contributed by atoms with Crippen molar-refractivity contribution in [1.82, 2.24) is 4.98 Å². The summed E-state index contributed by atoms with van der Waals surface area (Å²) in [6.07, 6.45) is -4.40. The Hall–Kier alpha value is -2.07. The molecule has 0 aliphatic rings. The van der Waals surface area contributed by atoms with Gasteiger partial charge in [0.15, 0.2) is 0 Å². The topological polar surface area (TPSA) is 12.9 Å². The summed E-state index contributed by atoms with van der Waals surface area (Å²) >= 11 is 6.34. The highest BCUT2D eigenvalue weighted by Gasteiger charge is 2.31. The van der Waals surface area contributed by atoms with Gasteiger partial charge in [0, 0.05) is 16.4 Å². The Bertz CT molecular complexity index is 940. The van der Waals surface area contributed by atoms with Crippen molar-refractivity contribution in [1.29, 1.82) is 0 Å². The lowest BCUT2D eigenvalue weighted by molar-refractivity contribution is -0.137. The lowest BCUT2D eigenvalue weighted by Gasteiger charge is -2.24. The van der Waals surface area contributed by atoms with Crippen LogP contribution < -0.4 is 0 Å². The smallest absolute Gasteiger partial charge is 0.239 e. The number of fused-ring (bicyclic) bond motifs is 1. The maximum atomic E-state index is 13.2. The van der Waals surface area contributed by atoms with Crippen molar-refractivity contribution in [2.75, 3.05) is 0 Å². The predicted octanol–water partition coefficient (Wildman–Crippen LogP) is 6.87. The van der Waals surface area contributed by atoms with Crippen LogP contribution in [0.15, 0.2) is 48.5 Å². The first-order valence-electron chi connectivity index (χ1n) is 7.85. The molecule has 0 saturated heterocycles. The molecule has 0 fully saturated rings. The van der Waals surface area contributed by atoms with E-state index >= 15 is 0 Å². The summed E-state index contributed by atoms with van der Waals surface area (Å²) in [7, 11) is 0. The van der Waals surface area contributed by atoms with Crippen LogP contribution in [0.5, 0.6) is 0 Å². The van der Waals surface area contributed by atoms with Crippen LogP contribution in [0.25, 0.3) is 21.9 Å². The summed E-state index contributed by atoms with van der Waals surface area (Å²) in [5.41, 5.74) is 0.801. The fraction of sp³-hybridized carbons (Fsp3) is 0.250. The van der Waals surface area contributed by atoms with Gasteiger partial charge in [0.1, 0.15) is 5.15 Å². The van der Waals surface area contributed by atoms with Gasteiger partial charge in [0.25, 0.3) is 0 Å². The standard InChI is InChI=1S/C20H17ClF3N/c1-19(2,3)17-16(12-7-6-8-13(11-12)20(22,23)24)14-9-4-5-10-15(14)18(21)25-17/h4-11H,1-3H3. The van der Waals surface area contributed by atoms with Gasteiger partial charge in [-0.15, -0.1) is 0 Å². The molecule has 0 unspecified atom stereocenters. The lowest BCUT2D eigenvalue weighted by Crippen LogP contribution is -2.16. The molecule has 0 amide bonds. The van der Waals surface area contributed by atoms with Crippen LogP contribution in [0.1, 0.15) is 32.0 Å². The third-order valence-corrected chi connectivity index (χ3v) is 4.34. The van der Waals surface area contributed by atoms with E-state index in [1.165, 1.54) is 12.1 Å². The van der Waals surface area contributed by atoms with Gasteiger partial charge < -0.3 is 0 Å². The molecule has 2 aromatic carbocycles. The first kappa shape index (κ1) is 17.7. The Labute approximate surface area is 149 Å². The Kier molecular flexibility index (Phi) is 4.28. The summed E-state index contributed by atoms with van der Waals surface area (Å²) < 4.78 is 39.5. The van der Waals surface area contributed by atoms with Crippen molar-refractivity contribution in [3.63, 3.8) is 0 Å². The Morgan fingerprint density at radius 3 is 2.12 bits per heavy atom. The zero-order valence-electron chi connectivity index (χ0n) is 14.1. The van der Waals surface area contributed by atoms with Crippen molar-refractivity contribution >= 4 is 22.4 Å². The Morgan fingerprint density at radius 1 is 0.880 bits per heavy atom. The Morgan fingerprint density at radius 2 is 1.52 bits per heavy atom. The molecule has 1 aromatic heterocycles. The highest BCUT2D eigenvalue weighted by atomic mass is 35.5. The van der Waals surface area contributed by atoms with Crippen LogP contribution >= 0.6 is 11.6 Å². The SMILES string of the molecule is CC(C)(C)c1nc(Cl)c2ccccc2c1-c1cccc(C(F)(F)F)c1. The summed E-state index contributed by atoms with van der Waals surface area (Å²) in [6, 6.07) is 12.7. The third-order valence-electron chi connectivity index (χ3n) is 4.05. The van der Waals surface area contributed by atoms with Gasteiger partial charge in [-0.05, 0) is 23.1 Å². The van der Waals surface area contributed by atoms with E-state index in [1.807, 2.05) is 45.0 Å². The molecule has 0 atom stereocenters. The van der Waals surface area contributed by atoms with Crippen LogP contribution in [0.4, 0.5) is 13.2 Å². The number of aromatic nitrogens is 1. The van der Waals surface area contributed by atoms with E-state index in [1.54, 1.807) is 6.07 Å². The highest BCUT2D eigenvalue weighted by molar-refractivity contribution is 6.34. The minimum atomic E-state index is -4.40. The second kappa shape index (κ2) is 6.03. The molecule has 0 saturated carbocycles. The highest BCUT2D eigenvalue weighted by Crippen LogP contribution is 2.41. The zero-order valence-corrected chi connectivity index (χ0v) is 14.8. The zero-order chi connectivity index (χ0) is 18.4. The monoisotopic (exact) mass is 363 g/mol. The van der Waals surface area contributed by atoms with Crippen LogP contribution in [-0.2, 0) is 11.6 Å². The summed E-state index contributed by atoms with van der Waals surface area (Å²) in [6.45, 7) is 5.91. The molecule has 0 spiro atoms. The van der Waals surface area contributed by atoms with Gasteiger partial charge in [-0.25, -0.2) is 4.98 Å². The van der Waals surface area contributed by atoms with Crippen LogP contribution in [0, 0.1) is 0 Å². The molecule has 3 aromatic rings. The molecule has 3 rings (SSSR count). The number of nitrogens with zero attached hydrogens (tertiary/aromatic N) is 1. The molecule has 5 heteroatoms. The van der Waals surface area contributed by atoms with Crippen LogP contribution in [-0.4, -0.2) is 4.98 Å². The number of pyridine rings is 1. The molecule has 0 aliphatic carbocycles. The number of alkyl halides is 3. The predicted molar refractivity (Wildman–Crippen MR) is 95.9 cm³/mol. The molecule has 1 heterocycles. The first-order valence-corrected chi connectivity index (χ1v) is 8.23. The van der Waals surface area contributed by atoms with E-state index in [9.17, 15) is 13.2 Å². The van der Waals surface area contributed by atoms with Crippen molar-refractivity contribution in [3.05, 3.63) is 64.9 Å². The van der Waals surface area contributed by atoms with E-state index in [-0.39, 0.29) is 5.41 Å². The van der Waals surface area contributed by atoms with Crippen LogP contribution in [0.2, 0.25) is 5.15 Å². The molecular weight excluding hydrogens is 347 g/mol. The molecule has 0 N–H and O–H groups in total. The van der Waals surface area contributed by atoms with Gasteiger partial charge in [-0.3, -0.25) is 0 Å². The number of halogens is 4. The van der Waals surface area contributed by atoms with Crippen molar-refractivity contribution in [2.24, 2.45) is 0 Å². The van der Waals surface area contributed by atoms with E-state index in [2.05, 4.69) is 4.98 Å². The molecule has 0 bridgehead atoms. The molecule has 0 radical (unpaired) electrons. The second-order valence-electron chi connectivity index (χ2n) is 7.00.